The van der Waals surface area contributed by atoms with Crippen molar-refractivity contribution in [2.75, 3.05) is 38.0 Å². The Bertz CT molecular complexity index is 1410. The normalized spacial score (nSPS) is 20.0. The van der Waals surface area contributed by atoms with Crippen molar-refractivity contribution >= 4 is 40.4 Å². The lowest BCUT2D eigenvalue weighted by molar-refractivity contribution is -0.126. The number of aryl methyl sites for hydroxylation is 1. The van der Waals surface area contributed by atoms with Gasteiger partial charge in [-0.3, -0.25) is 24.8 Å². The van der Waals surface area contributed by atoms with Gasteiger partial charge in [0.2, 0.25) is 11.9 Å². The summed E-state index contributed by atoms with van der Waals surface area (Å²) < 4.78 is 28.9. The summed E-state index contributed by atoms with van der Waals surface area (Å²) in [7, 11) is 0. The fraction of sp³-hybridized carbons (Fsp3) is 0.429. The Hall–Kier alpha value is -3.37. The number of para-hydroxylation sites is 1. The van der Waals surface area contributed by atoms with E-state index in [4.69, 9.17) is 11.6 Å². The first-order valence-corrected chi connectivity index (χ1v) is 13.5. The molecule has 0 aliphatic carbocycles. The van der Waals surface area contributed by atoms with E-state index in [1.165, 1.54) is 6.08 Å². The average molecular weight is 557 g/mol. The van der Waals surface area contributed by atoms with Crippen LogP contribution in [-0.2, 0) is 4.79 Å². The number of carbonyl (C=O) groups excluding carboxylic acids is 2. The third-order valence-electron chi connectivity index (χ3n) is 7.24. The lowest BCUT2D eigenvalue weighted by atomic mass is 10.1. The van der Waals surface area contributed by atoms with Crippen LogP contribution in [0.5, 0.6) is 0 Å². The van der Waals surface area contributed by atoms with Crippen LogP contribution in [0.25, 0.3) is 11.0 Å². The molecule has 0 spiro atoms. The van der Waals surface area contributed by atoms with Crippen molar-refractivity contribution in [2.45, 2.75) is 44.6 Å². The minimum atomic E-state index is -2.66. The number of amides is 2. The molecule has 1 aromatic carbocycles. The summed E-state index contributed by atoms with van der Waals surface area (Å²) in [5, 5.41) is 3.45. The van der Waals surface area contributed by atoms with Gasteiger partial charge in [0.25, 0.3) is 11.8 Å². The van der Waals surface area contributed by atoms with Gasteiger partial charge < -0.3 is 9.47 Å². The van der Waals surface area contributed by atoms with Crippen LogP contribution in [0.2, 0.25) is 5.02 Å². The summed E-state index contributed by atoms with van der Waals surface area (Å²) in [6.07, 6.45) is 7.05. The van der Waals surface area contributed by atoms with Crippen molar-refractivity contribution in [3.63, 3.8) is 0 Å². The summed E-state index contributed by atoms with van der Waals surface area (Å²) in [5.41, 5.74) is 2.53. The Morgan fingerprint density at radius 1 is 1.23 bits per heavy atom. The topological polar surface area (TPSA) is 83.4 Å². The van der Waals surface area contributed by atoms with Gasteiger partial charge in [0.15, 0.2) is 0 Å². The summed E-state index contributed by atoms with van der Waals surface area (Å²) in [4.78, 5) is 38.5. The molecule has 2 amide bonds. The number of nitrogens with one attached hydrogen (secondary N) is 1. The van der Waals surface area contributed by atoms with E-state index in [-0.39, 0.29) is 30.8 Å². The number of aromatic nitrogens is 3. The van der Waals surface area contributed by atoms with Crippen molar-refractivity contribution in [1.29, 1.82) is 0 Å². The van der Waals surface area contributed by atoms with E-state index >= 15 is 0 Å². The number of pyridine rings is 1. The summed E-state index contributed by atoms with van der Waals surface area (Å²) in [5.74, 6) is -2.78. The number of hydrogen-bond acceptors (Lipinski definition) is 5. The molecule has 1 unspecified atom stereocenters. The molecule has 0 bridgehead atoms. The first-order valence-electron chi connectivity index (χ1n) is 13.2. The maximum atomic E-state index is 13.5. The molecule has 39 heavy (non-hydrogen) atoms. The molecule has 4 heterocycles. The molecule has 0 saturated carbocycles. The average Bonchev–Trinajstić information content (AvgIpc) is 3.33. The van der Waals surface area contributed by atoms with E-state index in [0.29, 0.717) is 53.7 Å². The quantitative estimate of drug-likeness (QED) is 0.427. The van der Waals surface area contributed by atoms with E-state index < -0.39 is 5.92 Å². The Kier molecular flexibility index (Phi) is 7.95. The highest BCUT2D eigenvalue weighted by Gasteiger charge is 2.37. The van der Waals surface area contributed by atoms with Crippen LogP contribution in [0.15, 0.2) is 48.7 Å². The van der Waals surface area contributed by atoms with Gasteiger partial charge in [-0.05, 0) is 50.5 Å². The molecular formula is C28H31ClF2N6O2. The van der Waals surface area contributed by atoms with Crippen molar-refractivity contribution in [3.8, 4) is 0 Å². The zero-order valence-electron chi connectivity index (χ0n) is 21.7. The number of halogens is 3. The summed E-state index contributed by atoms with van der Waals surface area (Å²) in [6, 6.07) is 8.60. The molecule has 1 atom stereocenters. The number of likely N-dealkylation sites (tertiary alicyclic amines) is 2. The van der Waals surface area contributed by atoms with Gasteiger partial charge in [-0.15, -0.1) is 0 Å². The van der Waals surface area contributed by atoms with E-state index in [0.717, 1.165) is 25.0 Å². The molecule has 5 rings (SSSR count). The zero-order chi connectivity index (χ0) is 27.6. The minimum Gasteiger partial charge on any atom is -0.337 e. The lowest BCUT2D eigenvalue weighted by Crippen LogP contribution is -2.35. The Labute approximate surface area is 230 Å². The molecule has 2 aliphatic heterocycles. The number of imidazole rings is 1. The predicted octanol–water partition coefficient (Wildman–Crippen LogP) is 5.10. The Morgan fingerprint density at radius 3 is 2.85 bits per heavy atom. The van der Waals surface area contributed by atoms with Crippen LogP contribution in [0.1, 0.15) is 47.8 Å². The zero-order valence-corrected chi connectivity index (χ0v) is 22.5. The molecular weight excluding hydrogens is 526 g/mol. The highest BCUT2D eigenvalue weighted by molar-refractivity contribution is 6.35. The monoisotopic (exact) mass is 556 g/mol. The molecule has 2 fully saturated rings. The second-order valence-electron chi connectivity index (χ2n) is 10.2. The van der Waals surface area contributed by atoms with E-state index in [2.05, 4.69) is 15.3 Å². The highest BCUT2D eigenvalue weighted by Crippen LogP contribution is 2.34. The molecule has 8 nitrogen and oxygen atoms in total. The largest absolute Gasteiger partial charge is 0.337 e. The van der Waals surface area contributed by atoms with Crippen molar-refractivity contribution in [2.24, 2.45) is 0 Å². The molecule has 3 aromatic rings. The van der Waals surface area contributed by atoms with Crippen LogP contribution >= 0.6 is 11.6 Å². The van der Waals surface area contributed by atoms with Crippen LogP contribution in [0.3, 0.4) is 0 Å². The maximum absolute atomic E-state index is 13.5. The SMILES string of the molecule is Cc1cc(C(=O)Nc2nc3cccc(Cl)c3n2C2CCCCN(C(=O)C=CCN3CCC(F)(F)C3)C2)ccn1. The summed E-state index contributed by atoms with van der Waals surface area (Å²) >= 11 is 6.63. The van der Waals surface area contributed by atoms with Crippen LogP contribution in [-0.4, -0.2) is 74.8 Å². The number of carbonyl (C=O) groups is 2. The highest BCUT2D eigenvalue weighted by atomic mass is 35.5. The second-order valence-corrected chi connectivity index (χ2v) is 10.6. The first kappa shape index (κ1) is 27.2. The number of hydrogen-bond donors (Lipinski definition) is 1. The fourth-order valence-corrected chi connectivity index (χ4v) is 5.57. The van der Waals surface area contributed by atoms with E-state index in [1.807, 2.05) is 23.6 Å². The number of benzene rings is 1. The molecule has 206 valence electrons. The van der Waals surface area contributed by atoms with E-state index in [1.54, 1.807) is 40.3 Å². The Balaban J connectivity index is 1.38. The number of fused-ring (bicyclic) bond motifs is 1. The molecule has 2 aromatic heterocycles. The van der Waals surface area contributed by atoms with Gasteiger partial charge in [-0.1, -0.05) is 23.7 Å². The van der Waals surface area contributed by atoms with Gasteiger partial charge >= 0.3 is 0 Å². The smallest absolute Gasteiger partial charge is 0.261 e. The standard InChI is InChI=1S/C28H31ClF2N6O2/c1-19-16-20(10-12-32-19)26(39)34-27-33-23-8-4-7-22(29)25(23)37(27)21-6-2-3-14-36(17-21)24(38)9-5-13-35-15-11-28(30,31)18-35/h4-5,7-10,12,16,21H,2-3,6,11,13-15,17-18H2,1H3,(H,33,34,39). The van der Waals surface area contributed by atoms with Crippen LogP contribution < -0.4 is 5.32 Å². The number of rotatable bonds is 6. The summed E-state index contributed by atoms with van der Waals surface area (Å²) in [6.45, 7) is 3.15. The predicted molar refractivity (Wildman–Crippen MR) is 146 cm³/mol. The van der Waals surface area contributed by atoms with Gasteiger partial charge in [0, 0.05) is 56.1 Å². The number of anilines is 1. The second kappa shape index (κ2) is 11.4. The van der Waals surface area contributed by atoms with Crippen molar-refractivity contribution in [3.05, 3.63) is 65.0 Å². The molecule has 0 radical (unpaired) electrons. The Morgan fingerprint density at radius 2 is 2.08 bits per heavy atom. The van der Waals surface area contributed by atoms with Gasteiger partial charge in [-0.2, -0.15) is 0 Å². The number of alkyl halides is 2. The van der Waals surface area contributed by atoms with E-state index in [9.17, 15) is 18.4 Å². The number of nitrogens with zero attached hydrogens (tertiary/aromatic N) is 5. The molecule has 1 N–H and O–H groups in total. The third kappa shape index (κ3) is 6.28. The van der Waals surface area contributed by atoms with Crippen molar-refractivity contribution in [1.82, 2.24) is 24.3 Å². The molecule has 2 saturated heterocycles. The van der Waals surface area contributed by atoms with Crippen LogP contribution in [0.4, 0.5) is 14.7 Å². The third-order valence-corrected chi connectivity index (χ3v) is 7.55. The minimum absolute atomic E-state index is 0.149. The first-order chi connectivity index (χ1) is 18.7. The fourth-order valence-electron chi connectivity index (χ4n) is 5.31. The van der Waals surface area contributed by atoms with Gasteiger partial charge in [0.1, 0.15) is 0 Å². The van der Waals surface area contributed by atoms with Gasteiger partial charge in [0.05, 0.1) is 28.6 Å². The molecule has 2 aliphatic rings. The van der Waals surface area contributed by atoms with Crippen molar-refractivity contribution < 1.29 is 18.4 Å². The lowest BCUT2D eigenvalue weighted by Gasteiger charge is -2.26. The maximum Gasteiger partial charge on any atom is 0.261 e. The van der Waals surface area contributed by atoms with Gasteiger partial charge in [-0.25, -0.2) is 13.8 Å². The van der Waals surface area contributed by atoms with Crippen LogP contribution in [0, 0.1) is 6.92 Å². The molecule has 11 heteroatoms.